The van der Waals surface area contributed by atoms with Gasteiger partial charge in [-0.25, -0.2) is 0 Å². The molecule has 1 nitrogen and oxygen atoms in total. The summed E-state index contributed by atoms with van der Waals surface area (Å²) in [4.78, 5) is 11.9. The number of hydrogen-bond acceptors (Lipinski definition) is 1. The van der Waals surface area contributed by atoms with Crippen molar-refractivity contribution in [3.63, 3.8) is 0 Å². The van der Waals surface area contributed by atoms with E-state index in [4.69, 9.17) is 0 Å². The van der Waals surface area contributed by atoms with Crippen molar-refractivity contribution >= 4 is 12.4 Å². The summed E-state index contributed by atoms with van der Waals surface area (Å²) < 4.78 is 0. The van der Waals surface area contributed by atoms with Crippen LogP contribution in [0, 0.1) is 0 Å². The predicted octanol–water partition coefficient (Wildman–Crippen LogP) is 5.47. The van der Waals surface area contributed by atoms with Gasteiger partial charge in [0.05, 0.1) is 0 Å². The molecular formula is C23H20O. The second-order valence-corrected chi connectivity index (χ2v) is 5.78. The molecule has 0 saturated heterocycles. The first kappa shape index (κ1) is 15.9. The molecule has 0 radical (unpaired) electrons. The maximum atomic E-state index is 11.9. The van der Waals surface area contributed by atoms with Gasteiger partial charge in [-0.2, -0.15) is 0 Å². The van der Waals surface area contributed by atoms with Gasteiger partial charge in [-0.05, 0) is 16.7 Å². The lowest BCUT2D eigenvalue weighted by Gasteiger charge is -2.21. The standard InChI is InChI=1S/C23H20O/c24-18-23(21-14-8-3-9-15-21)22(20-12-6-2-7-13-20)17-16-19-10-4-1-5-11-19/h1-18,22-23H/b17-16+/t22-,23-/m1/s1. The minimum absolute atomic E-state index is 0.00584. The van der Waals surface area contributed by atoms with Crippen LogP contribution >= 0.6 is 0 Å². The van der Waals surface area contributed by atoms with Crippen LogP contribution in [0.3, 0.4) is 0 Å². The highest BCUT2D eigenvalue weighted by molar-refractivity contribution is 5.66. The molecular weight excluding hydrogens is 292 g/mol. The molecule has 0 amide bonds. The molecule has 0 N–H and O–H groups in total. The zero-order valence-electron chi connectivity index (χ0n) is 13.5. The van der Waals surface area contributed by atoms with E-state index in [2.05, 4.69) is 36.4 Å². The first-order chi connectivity index (χ1) is 11.9. The molecule has 0 saturated carbocycles. The molecule has 0 aliphatic rings. The van der Waals surface area contributed by atoms with Crippen molar-refractivity contribution in [3.8, 4) is 0 Å². The molecule has 0 unspecified atom stereocenters. The van der Waals surface area contributed by atoms with Crippen LogP contribution in [0.15, 0.2) is 97.1 Å². The maximum absolute atomic E-state index is 11.9. The molecule has 0 fully saturated rings. The Labute approximate surface area is 143 Å². The Morgan fingerprint density at radius 3 is 1.54 bits per heavy atom. The highest BCUT2D eigenvalue weighted by Gasteiger charge is 2.22. The first-order valence-electron chi connectivity index (χ1n) is 8.17. The Hall–Kier alpha value is -2.93. The van der Waals surface area contributed by atoms with Crippen LogP contribution in [-0.2, 0) is 4.79 Å². The Morgan fingerprint density at radius 2 is 1.04 bits per heavy atom. The van der Waals surface area contributed by atoms with Crippen molar-refractivity contribution in [2.45, 2.75) is 11.8 Å². The fraction of sp³-hybridized carbons (Fsp3) is 0.0870. The van der Waals surface area contributed by atoms with Crippen LogP contribution in [0.2, 0.25) is 0 Å². The van der Waals surface area contributed by atoms with E-state index < -0.39 is 0 Å². The number of aldehydes is 1. The quantitative estimate of drug-likeness (QED) is 0.552. The number of carbonyl (C=O) groups is 1. The summed E-state index contributed by atoms with van der Waals surface area (Å²) in [5.41, 5.74) is 3.32. The number of hydrogen-bond donors (Lipinski definition) is 0. The largest absolute Gasteiger partial charge is 0.303 e. The second kappa shape index (κ2) is 8.07. The molecule has 118 valence electrons. The van der Waals surface area contributed by atoms with Gasteiger partial charge in [0, 0.05) is 11.8 Å². The molecule has 0 aromatic heterocycles. The molecule has 0 bridgehead atoms. The van der Waals surface area contributed by atoms with Crippen LogP contribution in [0.4, 0.5) is 0 Å². The van der Waals surface area contributed by atoms with E-state index in [0.717, 1.165) is 23.0 Å². The minimum Gasteiger partial charge on any atom is -0.303 e. The van der Waals surface area contributed by atoms with Gasteiger partial charge in [0.25, 0.3) is 0 Å². The molecule has 0 aliphatic heterocycles. The van der Waals surface area contributed by atoms with Crippen LogP contribution in [-0.4, -0.2) is 6.29 Å². The topological polar surface area (TPSA) is 17.1 Å². The third-order valence-electron chi connectivity index (χ3n) is 4.20. The number of allylic oxidation sites excluding steroid dienone is 1. The molecule has 0 heterocycles. The number of rotatable bonds is 6. The average Bonchev–Trinajstić information content (AvgIpc) is 2.67. The minimum atomic E-state index is -0.200. The van der Waals surface area contributed by atoms with Gasteiger partial charge in [-0.1, -0.05) is 103 Å². The van der Waals surface area contributed by atoms with Crippen molar-refractivity contribution in [1.29, 1.82) is 0 Å². The fourth-order valence-corrected chi connectivity index (χ4v) is 2.94. The van der Waals surface area contributed by atoms with E-state index in [1.165, 1.54) is 0 Å². The van der Waals surface area contributed by atoms with Gasteiger partial charge < -0.3 is 4.79 Å². The summed E-state index contributed by atoms with van der Waals surface area (Å²) >= 11 is 0. The summed E-state index contributed by atoms with van der Waals surface area (Å²) in [6.45, 7) is 0. The number of benzene rings is 3. The van der Waals surface area contributed by atoms with Crippen LogP contribution < -0.4 is 0 Å². The molecule has 24 heavy (non-hydrogen) atoms. The van der Waals surface area contributed by atoms with Crippen LogP contribution in [0.5, 0.6) is 0 Å². The smallest absolute Gasteiger partial charge is 0.128 e. The van der Waals surface area contributed by atoms with Crippen molar-refractivity contribution < 1.29 is 4.79 Å². The van der Waals surface area contributed by atoms with Crippen molar-refractivity contribution in [2.24, 2.45) is 0 Å². The molecule has 0 spiro atoms. The van der Waals surface area contributed by atoms with Gasteiger partial charge in [0.1, 0.15) is 6.29 Å². The van der Waals surface area contributed by atoms with E-state index >= 15 is 0 Å². The Morgan fingerprint density at radius 1 is 0.583 bits per heavy atom. The zero-order chi connectivity index (χ0) is 16.6. The molecule has 3 aromatic carbocycles. The molecule has 1 heteroatoms. The highest BCUT2D eigenvalue weighted by Crippen LogP contribution is 2.33. The SMILES string of the molecule is O=C[C@H](c1ccccc1)[C@H](/C=C/c1ccccc1)c1ccccc1. The van der Waals surface area contributed by atoms with Crippen molar-refractivity contribution in [3.05, 3.63) is 114 Å². The second-order valence-electron chi connectivity index (χ2n) is 5.78. The third-order valence-corrected chi connectivity index (χ3v) is 4.20. The summed E-state index contributed by atoms with van der Waals surface area (Å²) in [5, 5.41) is 0. The zero-order valence-corrected chi connectivity index (χ0v) is 13.5. The number of carbonyl (C=O) groups excluding carboxylic acids is 1. The van der Waals surface area contributed by atoms with Gasteiger partial charge in [-0.3, -0.25) is 0 Å². The van der Waals surface area contributed by atoms with Crippen LogP contribution in [0.1, 0.15) is 28.5 Å². The Bertz CT molecular complexity index is 776. The molecule has 3 rings (SSSR count). The van der Waals surface area contributed by atoms with Gasteiger partial charge in [-0.15, -0.1) is 0 Å². The van der Waals surface area contributed by atoms with Crippen molar-refractivity contribution in [1.82, 2.24) is 0 Å². The van der Waals surface area contributed by atoms with Crippen molar-refractivity contribution in [2.75, 3.05) is 0 Å². The summed E-state index contributed by atoms with van der Waals surface area (Å²) in [7, 11) is 0. The normalized spacial score (nSPS) is 13.5. The van der Waals surface area contributed by atoms with Gasteiger partial charge >= 0.3 is 0 Å². The average molecular weight is 312 g/mol. The van der Waals surface area contributed by atoms with E-state index in [-0.39, 0.29) is 11.8 Å². The van der Waals surface area contributed by atoms with Gasteiger partial charge in [0.2, 0.25) is 0 Å². The lowest BCUT2D eigenvalue weighted by atomic mass is 9.82. The van der Waals surface area contributed by atoms with Gasteiger partial charge in [0.15, 0.2) is 0 Å². The third kappa shape index (κ3) is 3.88. The van der Waals surface area contributed by atoms with Crippen LogP contribution in [0.25, 0.3) is 6.08 Å². The summed E-state index contributed by atoms with van der Waals surface area (Å²) in [6, 6.07) is 30.4. The summed E-state index contributed by atoms with van der Waals surface area (Å²) in [5.74, 6) is -0.195. The lowest BCUT2D eigenvalue weighted by molar-refractivity contribution is -0.109. The summed E-state index contributed by atoms with van der Waals surface area (Å²) in [6.07, 6.45) is 5.29. The van der Waals surface area contributed by atoms with E-state index in [1.807, 2.05) is 66.7 Å². The van der Waals surface area contributed by atoms with E-state index in [9.17, 15) is 4.79 Å². The Kier molecular flexibility index (Phi) is 5.36. The predicted molar refractivity (Wildman–Crippen MR) is 99.9 cm³/mol. The Balaban J connectivity index is 1.98. The van der Waals surface area contributed by atoms with E-state index in [1.54, 1.807) is 0 Å². The first-order valence-corrected chi connectivity index (χ1v) is 8.17. The molecule has 3 aromatic rings. The molecule has 0 aliphatic carbocycles. The van der Waals surface area contributed by atoms with E-state index in [0.29, 0.717) is 0 Å². The highest BCUT2D eigenvalue weighted by atomic mass is 16.1. The lowest BCUT2D eigenvalue weighted by Crippen LogP contribution is -2.11. The molecule has 2 atom stereocenters. The fourth-order valence-electron chi connectivity index (χ4n) is 2.94. The monoisotopic (exact) mass is 312 g/mol. The maximum Gasteiger partial charge on any atom is 0.128 e.